The molecule has 0 aliphatic heterocycles. The van der Waals surface area contributed by atoms with Crippen molar-refractivity contribution in [3.63, 3.8) is 0 Å². The third kappa shape index (κ3) is 8.20. The molecule has 3 rings (SSSR count). The van der Waals surface area contributed by atoms with Crippen LogP contribution in [0.15, 0.2) is 35.3 Å². The number of amides is 1. The molecular formula is C27H38N2O6S. The molecule has 1 aromatic carbocycles. The Morgan fingerprint density at radius 1 is 1.14 bits per heavy atom. The number of ether oxygens (including phenoxy) is 2. The van der Waals surface area contributed by atoms with Crippen molar-refractivity contribution >= 4 is 33.3 Å². The van der Waals surface area contributed by atoms with Crippen LogP contribution in [0.3, 0.4) is 0 Å². The van der Waals surface area contributed by atoms with Crippen LogP contribution >= 0.6 is 11.3 Å². The fourth-order valence-corrected chi connectivity index (χ4v) is 4.71. The summed E-state index contributed by atoms with van der Waals surface area (Å²) in [7, 11) is 1.62. The van der Waals surface area contributed by atoms with Crippen LogP contribution < -0.4 is 16.0 Å². The second-order valence-electron chi connectivity index (χ2n) is 7.94. The van der Waals surface area contributed by atoms with Gasteiger partial charge in [0.05, 0.1) is 19.1 Å². The third-order valence-electron chi connectivity index (χ3n) is 4.87. The van der Waals surface area contributed by atoms with Gasteiger partial charge in [0.2, 0.25) is 5.91 Å². The van der Waals surface area contributed by atoms with Gasteiger partial charge in [0.25, 0.3) is 5.56 Å². The van der Waals surface area contributed by atoms with Gasteiger partial charge in [-0.1, -0.05) is 32.0 Å². The number of aliphatic hydroxyl groups excluding tert-OH is 1. The minimum absolute atomic E-state index is 0.167. The van der Waals surface area contributed by atoms with Gasteiger partial charge in [-0.15, -0.1) is 11.3 Å². The standard InChI is InChI=1S/C22H24N2O5S.C3H8O.C2H6/c1-4-29-22(27)19-13(2)18-20(30-19)15(11-24(21(18)26)12-17(23)25)10-9-14-7-5-6-8-16(14)28-3;1-3(2)4;1-2/h5-8,11H,4,9-10,12H2,1-3H3,(H2,23,25);3-4H,1-2H3;1-2H3. The van der Waals surface area contributed by atoms with E-state index in [1.807, 2.05) is 38.1 Å². The Morgan fingerprint density at radius 2 is 1.72 bits per heavy atom. The van der Waals surface area contributed by atoms with Crippen LogP contribution in [0.5, 0.6) is 5.75 Å². The van der Waals surface area contributed by atoms with E-state index in [1.54, 1.807) is 41.0 Å². The van der Waals surface area contributed by atoms with Crippen LogP contribution in [0.25, 0.3) is 10.1 Å². The number of rotatable bonds is 8. The third-order valence-corrected chi connectivity index (χ3v) is 6.22. The summed E-state index contributed by atoms with van der Waals surface area (Å²) < 4.78 is 12.6. The lowest BCUT2D eigenvalue weighted by Gasteiger charge is -2.11. The van der Waals surface area contributed by atoms with E-state index in [-0.39, 0.29) is 24.8 Å². The average molecular weight is 519 g/mol. The molecule has 2 heterocycles. The van der Waals surface area contributed by atoms with Crippen LogP contribution in [-0.4, -0.2) is 41.4 Å². The van der Waals surface area contributed by atoms with Gasteiger partial charge >= 0.3 is 5.97 Å². The predicted molar refractivity (Wildman–Crippen MR) is 145 cm³/mol. The van der Waals surface area contributed by atoms with Crippen molar-refractivity contribution in [1.29, 1.82) is 0 Å². The number of pyridine rings is 1. The summed E-state index contributed by atoms with van der Waals surface area (Å²) in [6.07, 6.45) is 2.76. The SMILES string of the molecule is CC.CC(C)O.CCOC(=O)c1sc2c(CCc3ccccc3OC)cn(CC(N)=O)c(=O)c2c1C. The van der Waals surface area contributed by atoms with Crippen LogP contribution in [-0.2, 0) is 28.9 Å². The van der Waals surface area contributed by atoms with Crippen molar-refractivity contribution in [2.24, 2.45) is 5.73 Å². The van der Waals surface area contributed by atoms with Gasteiger partial charge in [-0.25, -0.2) is 4.79 Å². The highest BCUT2D eigenvalue weighted by atomic mass is 32.1. The summed E-state index contributed by atoms with van der Waals surface area (Å²) in [6.45, 7) is 10.9. The van der Waals surface area contributed by atoms with Gasteiger partial charge in [-0.3, -0.25) is 9.59 Å². The lowest BCUT2D eigenvalue weighted by atomic mass is 10.0. The van der Waals surface area contributed by atoms with Gasteiger partial charge < -0.3 is 24.9 Å². The smallest absolute Gasteiger partial charge is 0.348 e. The Hall–Kier alpha value is -3.17. The number of primary amides is 1. The fourth-order valence-electron chi connectivity index (χ4n) is 3.48. The van der Waals surface area contributed by atoms with Crippen LogP contribution in [0.1, 0.15) is 61.0 Å². The van der Waals surface area contributed by atoms with Gasteiger partial charge in [-0.2, -0.15) is 0 Å². The zero-order chi connectivity index (χ0) is 27.4. The molecule has 0 unspecified atom stereocenters. The van der Waals surface area contributed by atoms with Gasteiger partial charge in [0.15, 0.2) is 0 Å². The Morgan fingerprint density at radius 3 is 2.28 bits per heavy atom. The van der Waals surface area contributed by atoms with Crippen LogP contribution in [0, 0.1) is 6.92 Å². The summed E-state index contributed by atoms with van der Waals surface area (Å²) >= 11 is 1.25. The highest BCUT2D eigenvalue weighted by molar-refractivity contribution is 7.21. The maximum Gasteiger partial charge on any atom is 0.348 e. The molecule has 3 N–H and O–H groups in total. The van der Waals surface area contributed by atoms with Crippen molar-refractivity contribution in [3.8, 4) is 5.75 Å². The van der Waals surface area contributed by atoms with Crippen molar-refractivity contribution < 1.29 is 24.2 Å². The van der Waals surface area contributed by atoms with E-state index < -0.39 is 11.9 Å². The van der Waals surface area contributed by atoms with E-state index in [1.165, 1.54) is 15.9 Å². The van der Waals surface area contributed by atoms with E-state index in [0.717, 1.165) is 21.6 Å². The molecular weight excluding hydrogens is 480 g/mol. The number of aryl methyl sites for hydroxylation is 3. The maximum atomic E-state index is 13.0. The van der Waals surface area contributed by atoms with E-state index in [4.69, 9.17) is 20.3 Å². The molecule has 0 aliphatic carbocycles. The summed E-state index contributed by atoms with van der Waals surface area (Å²) in [6, 6.07) is 7.73. The number of benzene rings is 1. The van der Waals surface area contributed by atoms with Crippen molar-refractivity contribution in [2.45, 2.75) is 67.0 Å². The minimum Gasteiger partial charge on any atom is -0.496 e. The topological polar surface area (TPSA) is 121 Å². The highest BCUT2D eigenvalue weighted by Crippen LogP contribution is 2.33. The Balaban J connectivity index is 0.000000982. The first kappa shape index (κ1) is 30.9. The molecule has 0 atom stereocenters. The summed E-state index contributed by atoms with van der Waals surface area (Å²) in [5, 5.41) is 8.49. The van der Waals surface area contributed by atoms with Crippen LogP contribution in [0.2, 0.25) is 0 Å². The molecule has 0 bridgehead atoms. The number of hydrogen-bond donors (Lipinski definition) is 2. The average Bonchev–Trinajstić information content (AvgIpc) is 3.19. The summed E-state index contributed by atoms with van der Waals surface area (Å²) in [5.74, 6) is -0.271. The van der Waals surface area contributed by atoms with Gasteiger partial charge in [-0.05, 0) is 63.3 Å². The number of nitrogens with two attached hydrogens (primary N) is 1. The van der Waals surface area contributed by atoms with E-state index in [2.05, 4.69) is 0 Å². The number of para-hydroxylation sites is 1. The number of carbonyl (C=O) groups is 2. The van der Waals surface area contributed by atoms with E-state index >= 15 is 0 Å². The lowest BCUT2D eigenvalue weighted by Crippen LogP contribution is -2.28. The molecule has 0 spiro atoms. The number of hydrogen-bond acceptors (Lipinski definition) is 7. The summed E-state index contributed by atoms with van der Waals surface area (Å²) in [4.78, 5) is 37.3. The number of aromatic nitrogens is 1. The second kappa shape index (κ2) is 15.1. The molecule has 0 saturated heterocycles. The van der Waals surface area contributed by atoms with E-state index in [0.29, 0.717) is 28.7 Å². The fraction of sp³-hybridized carbons (Fsp3) is 0.444. The molecule has 3 aromatic rings. The Bertz CT molecular complexity index is 1210. The number of fused-ring (bicyclic) bond motifs is 1. The number of thiophene rings is 1. The molecule has 0 aliphatic rings. The number of nitrogens with zero attached hydrogens (tertiary/aromatic N) is 1. The van der Waals surface area contributed by atoms with Gasteiger partial charge in [0, 0.05) is 17.0 Å². The molecule has 198 valence electrons. The first-order chi connectivity index (χ1) is 17.1. The largest absolute Gasteiger partial charge is 0.496 e. The van der Waals surface area contributed by atoms with Crippen molar-refractivity contribution in [2.75, 3.05) is 13.7 Å². The molecule has 0 saturated carbocycles. The second-order valence-corrected chi connectivity index (χ2v) is 8.96. The molecule has 8 nitrogen and oxygen atoms in total. The molecule has 0 radical (unpaired) electrons. The lowest BCUT2D eigenvalue weighted by molar-refractivity contribution is -0.118. The molecule has 2 aromatic heterocycles. The first-order valence-corrected chi connectivity index (χ1v) is 12.8. The minimum atomic E-state index is -0.606. The number of methoxy groups -OCH3 is 1. The van der Waals surface area contributed by atoms with Crippen molar-refractivity contribution in [3.05, 3.63) is 62.4 Å². The Kier molecular flexibility index (Phi) is 12.9. The van der Waals surface area contributed by atoms with Crippen molar-refractivity contribution in [1.82, 2.24) is 4.57 Å². The number of esters is 1. The normalized spacial score (nSPS) is 10.2. The predicted octanol–water partition coefficient (Wildman–Crippen LogP) is 4.24. The number of carbonyl (C=O) groups excluding carboxylic acids is 2. The molecule has 36 heavy (non-hydrogen) atoms. The quantitative estimate of drug-likeness (QED) is 0.430. The number of aliphatic hydroxyl groups is 1. The van der Waals surface area contributed by atoms with Crippen LogP contribution in [0.4, 0.5) is 0 Å². The molecule has 9 heteroatoms. The first-order valence-electron chi connectivity index (χ1n) is 12.0. The van der Waals surface area contributed by atoms with E-state index in [9.17, 15) is 14.4 Å². The maximum absolute atomic E-state index is 13.0. The highest BCUT2D eigenvalue weighted by Gasteiger charge is 2.22. The zero-order valence-electron chi connectivity index (χ0n) is 22.2. The monoisotopic (exact) mass is 518 g/mol. The summed E-state index contributed by atoms with van der Waals surface area (Å²) in [5.41, 5.74) is 7.45. The zero-order valence-corrected chi connectivity index (χ0v) is 23.0. The molecule has 0 fully saturated rings. The Labute approximate surface area is 216 Å². The van der Waals surface area contributed by atoms with Gasteiger partial charge in [0.1, 0.15) is 17.2 Å². The molecule has 1 amide bonds.